The van der Waals surface area contributed by atoms with Gasteiger partial charge in [-0.05, 0) is 35.7 Å². The highest BCUT2D eigenvalue weighted by Crippen LogP contribution is 2.50. The first-order valence-corrected chi connectivity index (χ1v) is 17.2. The number of fused-ring (bicyclic) bond motifs is 1. The van der Waals surface area contributed by atoms with Crippen molar-refractivity contribution >= 4 is 81.2 Å². The fourth-order valence-corrected chi connectivity index (χ4v) is 6.29. The molecular weight excluding hydrogens is 717 g/mol. The zero-order valence-electron chi connectivity index (χ0n) is 25.0. The summed E-state index contributed by atoms with van der Waals surface area (Å²) < 4.78 is 113. The number of azo groups is 2. The van der Waals surface area contributed by atoms with Crippen LogP contribution in [0.4, 0.5) is 34.1 Å². The van der Waals surface area contributed by atoms with Gasteiger partial charge in [-0.2, -0.15) is 25.3 Å². The molecule has 0 atom stereocenters. The van der Waals surface area contributed by atoms with Crippen LogP contribution in [0, 0.1) is 0 Å². The topological polar surface area (TPSA) is 327 Å². The Hall–Kier alpha value is -5.46. The molecule has 0 aliphatic heterocycles. The summed E-state index contributed by atoms with van der Waals surface area (Å²) in [6.45, 7) is 1.12. The lowest BCUT2D eigenvalue weighted by molar-refractivity contribution is -0.114. The number of carbonyl (C=O) groups excluding carboxylic acids is 1. The van der Waals surface area contributed by atoms with Gasteiger partial charge in [-0.15, -0.1) is 20.5 Å². The number of phenols is 2. The number of nitrogens with zero attached hydrogens (tertiary/aromatic N) is 4. The number of ether oxygens (including phenoxy) is 2. The molecule has 0 saturated carbocycles. The van der Waals surface area contributed by atoms with Gasteiger partial charge in [0.15, 0.2) is 11.5 Å². The van der Waals surface area contributed by atoms with Crippen molar-refractivity contribution in [2.45, 2.75) is 21.6 Å². The van der Waals surface area contributed by atoms with Crippen LogP contribution in [0.3, 0.4) is 0 Å². The molecule has 20 nitrogen and oxygen atoms in total. The van der Waals surface area contributed by atoms with E-state index in [9.17, 15) is 53.9 Å². The molecule has 0 unspecified atom stereocenters. The van der Waals surface area contributed by atoms with Crippen molar-refractivity contribution in [3.63, 3.8) is 0 Å². The van der Waals surface area contributed by atoms with E-state index >= 15 is 0 Å². The molecule has 0 fully saturated rings. The zero-order chi connectivity index (χ0) is 36.6. The average Bonchev–Trinajstić information content (AvgIpc) is 2.98. The minimum atomic E-state index is -5.35. The number of benzene rings is 4. The monoisotopic (exact) mass is 740 g/mol. The third-order valence-corrected chi connectivity index (χ3v) is 9.03. The number of hydrogen-bond donors (Lipinski definition) is 7. The predicted octanol–water partition coefficient (Wildman–Crippen LogP) is 4.38. The number of nitrogens with one attached hydrogen (secondary N) is 1. The van der Waals surface area contributed by atoms with E-state index < -0.39 is 90.3 Å². The summed E-state index contributed by atoms with van der Waals surface area (Å²) in [6.07, 6.45) is 0. The molecule has 4 rings (SSSR count). The third-order valence-electron chi connectivity index (χ3n) is 6.41. The van der Waals surface area contributed by atoms with Gasteiger partial charge in [-0.25, -0.2) is 0 Å². The maximum Gasteiger partial charge on any atom is 0.296 e. The molecule has 0 radical (unpaired) electrons. The van der Waals surface area contributed by atoms with Gasteiger partial charge in [0.05, 0.1) is 25.3 Å². The first kappa shape index (κ1) is 36.4. The Morgan fingerprint density at radius 1 is 0.694 bits per heavy atom. The van der Waals surface area contributed by atoms with Gasteiger partial charge in [-0.1, -0.05) is 0 Å². The summed E-state index contributed by atoms with van der Waals surface area (Å²) in [7, 11) is -13.1. The molecule has 0 heterocycles. The number of aromatic hydroxyl groups is 2. The lowest BCUT2D eigenvalue weighted by atomic mass is 10.1. The molecule has 23 heteroatoms. The van der Waals surface area contributed by atoms with Crippen molar-refractivity contribution in [3.8, 4) is 23.0 Å². The highest BCUT2D eigenvalue weighted by atomic mass is 32.2. The van der Waals surface area contributed by atoms with Crippen molar-refractivity contribution in [3.05, 3.63) is 42.5 Å². The molecule has 4 aromatic rings. The minimum absolute atomic E-state index is 0.00782. The zero-order valence-corrected chi connectivity index (χ0v) is 27.5. The number of carbonyl (C=O) groups is 1. The first-order valence-electron chi connectivity index (χ1n) is 12.9. The van der Waals surface area contributed by atoms with Crippen molar-refractivity contribution in [1.82, 2.24) is 0 Å². The van der Waals surface area contributed by atoms with Crippen molar-refractivity contribution in [1.29, 1.82) is 0 Å². The first-order chi connectivity index (χ1) is 22.7. The summed E-state index contributed by atoms with van der Waals surface area (Å²) in [4.78, 5) is 8.11. The number of nitrogens with two attached hydrogens (primary N) is 1. The third kappa shape index (κ3) is 7.66. The van der Waals surface area contributed by atoms with Crippen LogP contribution in [0.1, 0.15) is 6.92 Å². The van der Waals surface area contributed by atoms with Crippen LogP contribution in [0.25, 0.3) is 10.8 Å². The van der Waals surface area contributed by atoms with E-state index in [1.54, 1.807) is 0 Å². The van der Waals surface area contributed by atoms with E-state index in [0.717, 1.165) is 25.1 Å². The Bertz CT molecular complexity index is 2430. The van der Waals surface area contributed by atoms with Crippen molar-refractivity contribution < 1.29 is 63.4 Å². The number of anilines is 2. The SMILES string of the molecule is COc1cc(N=Nc2c(S(=O)(=O)O)cc3cc(S(=O)(=O)O)c(N=Nc4ccc(NC(C)=O)cc4S(=O)(=O)O)c(O)c3c2O)c(OC)cc1N. The average molecular weight is 741 g/mol. The molecule has 0 aromatic heterocycles. The number of nitrogen functional groups attached to an aromatic ring is 1. The Kier molecular flexibility index (Phi) is 9.81. The van der Waals surface area contributed by atoms with E-state index in [4.69, 9.17) is 15.2 Å². The second kappa shape index (κ2) is 13.2. The van der Waals surface area contributed by atoms with Gasteiger partial charge in [0, 0.05) is 24.7 Å². The van der Waals surface area contributed by atoms with Gasteiger partial charge in [0.2, 0.25) is 5.91 Å². The normalized spacial score (nSPS) is 12.5. The number of phenolic OH excluding ortho intramolecular Hbond substituents is 2. The van der Waals surface area contributed by atoms with E-state index in [2.05, 4.69) is 25.8 Å². The molecule has 0 spiro atoms. The fourth-order valence-electron chi connectivity index (χ4n) is 4.32. The molecule has 0 saturated heterocycles. The second-order valence-electron chi connectivity index (χ2n) is 9.70. The quantitative estimate of drug-likeness (QED) is 0.0674. The summed E-state index contributed by atoms with van der Waals surface area (Å²) >= 11 is 0. The molecule has 0 aliphatic rings. The fraction of sp³-hybridized carbons (Fsp3) is 0.115. The Morgan fingerprint density at radius 3 is 1.63 bits per heavy atom. The molecule has 1 amide bonds. The van der Waals surface area contributed by atoms with Crippen molar-refractivity contribution in [2.75, 3.05) is 25.3 Å². The highest BCUT2D eigenvalue weighted by molar-refractivity contribution is 7.86. The lowest BCUT2D eigenvalue weighted by Crippen LogP contribution is -2.07. The summed E-state index contributed by atoms with van der Waals surface area (Å²) in [6, 6.07) is 6.54. The van der Waals surface area contributed by atoms with Crippen LogP contribution in [0.2, 0.25) is 0 Å². The lowest BCUT2D eigenvalue weighted by Gasteiger charge is -2.13. The summed E-state index contributed by atoms with van der Waals surface area (Å²) in [5.41, 5.74) is 3.03. The van der Waals surface area contributed by atoms with Crippen LogP contribution >= 0.6 is 0 Å². The number of rotatable bonds is 10. The van der Waals surface area contributed by atoms with Crippen LogP contribution < -0.4 is 20.5 Å². The van der Waals surface area contributed by atoms with Crippen LogP contribution in [0.15, 0.2) is 77.6 Å². The summed E-state index contributed by atoms with van der Waals surface area (Å²) in [5, 5.41) is 38.0. The van der Waals surface area contributed by atoms with Gasteiger partial charge in [-0.3, -0.25) is 18.5 Å². The van der Waals surface area contributed by atoms with Crippen LogP contribution in [0.5, 0.6) is 23.0 Å². The molecule has 4 aromatic carbocycles. The van der Waals surface area contributed by atoms with E-state index in [0.29, 0.717) is 12.1 Å². The standard InChI is InChI=1S/C26H24N6O14S3/c1-11(33)28-13-4-5-15(19(8-13)47(36,37)38)29-31-23-20(48(39,40)41)6-12-7-21(49(42,43)44)24(26(35)22(12)25(23)34)32-30-16-10-17(45-2)14(27)9-18(16)46-3/h4-10,34-35H,27H2,1-3H3,(H,28,33)(H,36,37,38)(H,39,40,41)(H,42,43,44). The molecule has 0 bridgehead atoms. The molecule has 260 valence electrons. The van der Waals surface area contributed by atoms with E-state index in [1.807, 2.05) is 0 Å². The van der Waals surface area contributed by atoms with Gasteiger partial charge >= 0.3 is 0 Å². The van der Waals surface area contributed by atoms with Gasteiger partial charge in [0.25, 0.3) is 30.4 Å². The Morgan fingerprint density at radius 2 is 1.18 bits per heavy atom. The molecule has 49 heavy (non-hydrogen) atoms. The maximum atomic E-state index is 12.3. The number of methoxy groups -OCH3 is 2. The summed E-state index contributed by atoms with van der Waals surface area (Å²) in [5.74, 6) is -2.96. The largest absolute Gasteiger partial charge is 0.505 e. The molecule has 8 N–H and O–H groups in total. The Balaban J connectivity index is 2.03. The highest BCUT2D eigenvalue weighted by Gasteiger charge is 2.29. The van der Waals surface area contributed by atoms with Crippen LogP contribution in [-0.4, -0.2) is 69.3 Å². The van der Waals surface area contributed by atoms with Crippen LogP contribution in [-0.2, 0) is 35.1 Å². The van der Waals surface area contributed by atoms with Gasteiger partial charge in [0.1, 0.15) is 48.9 Å². The smallest absolute Gasteiger partial charge is 0.296 e. The van der Waals surface area contributed by atoms with E-state index in [-0.39, 0.29) is 28.6 Å². The predicted molar refractivity (Wildman–Crippen MR) is 170 cm³/mol. The second-order valence-corrected chi connectivity index (χ2v) is 13.9. The molecule has 0 aliphatic carbocycles. The van der Waals surface area contributed by atoms with E-state index in [1.165, 1.54) is 26.4 Å². The number of hydrogen-bond acceptors (Lipinski definition) is 16. The maximum absolute atomic E-state index is 12.3. The van der Waals surface area contributed by atoms with Crippen molar-refractivity contribution in [2.24, 2.45) is 20.5 Å². The number of amides is 1. The molecular formula is C26H24N6O14S3. The Labute approximate surface area is 276 Å². The van der Waals surface area contributed by atoms with Gasteiger partial charge < -0.3 is 30.7 Å². The minimum Gasteiger partial charge on any atom is -0.505 e.